The standard InChI is InChI=1S/C18H13F4N3O4S/c1-24(18(26)27)8-10-9-25(15(14(10)21)11-4-3-7-23-17(11)22)30(28,29)16-12(19)5-2-6-13(16)20/h2-7,9H,8H2,1H3,(H,26,27). The van der Waals surface area contributed by atoms with Crippen LogP contribution in [0, 0.1) is 23.4 Å². The van der Waals surface area contributed by atoms with Gasteiger partial charge in [-0.25, -0.2) is 35.3 Å². The zero-order valence-corrected chi connectivity index (χ0v) is 16.0. The number of benzene rings is 1. The molecule has 0 bridgehead atoms. The Morgan fingerprint density at radius 3 is 2.33 bits per heavy atom. The van der Waals surface area contributed by atoms with Crippen molar-refractivity contribution in [2.75, 3.05) is 7.05 Å². The Bertz CT molecular complexity index is 1220. The molecule has 0 fully saturated rings. The first kappa shape index (κ1) is 21.3. The molecule has 158 valence electrons. The molecule has 3 aromatic rings. The van der Waals surface area contributed by atoms with Crippen molar-refractivity contribution in [3.8, 4) is 11.3 Å². The molecule has 3 rings (SSSR count). The Labute approximate surface area is 167 Å². The fourth-order valence-electron chi connectivity index (χ4n) is 2.76. The van der Waals surface area contributed by atoms with Crippen LogP contribution in [0.15, 0.2) is 47.6 Å². The van der Waals surface area contributed by atoms with E-state index in [1.54, 1.807) is 0 Å². The monoisotopic (exact) mass is 443 g/mol. The zero-order chi connectivity index (χ0) is 22.2. The average molecular weight is 443 g/mol. The van der Waals surface area contributed by atoms with Crippen molar-refractivity contribution < 1.29 is 35.9 Å². The molecular formula is C18H13F4N3O4S. The van der Waals surface area contributed by atoms with Crippen molar-refractivity contribution in [3.05, 3.63) is 71.7 Å². The first-order chi connectivity index (χ1) is 14.1. The minimum atomic E-state index is -5.09. The van der Waals surface area contributed by atoms with Gasteiger partial charge in [-0.3, -0.25) is 0 Å². The molecule has 0 atom stereocenters. The highest BCUT2D eigenvalue weighted by atomic mass is 32.2. The van der Waals surface area contributed by atoms with Gasteiger partial charge in [0.15, 0.2) is 10.7 Å². The second-order valence-corrected chi connectivity index (χ2v) is 7.90. The van der Waals surface area contributed by atoms with Crippen molar-refractivity contribution in [3.63, 3.8) is 0 Å². The SMILES string of the molecule is CN(Cc1cn(S(=O)(=O)c2c(F)cccc2F)c(-c2cccnc2F)c1F)C(=O)O. The fraction of sp³-hybridized carbons (Fsp3) is 0.111. The van der Waals surface area contributed by atoms with Crippen molar-refractivity contribution >= 4 is 16.1 Å². The van der Waals surface area contributed by atoms with Gasteiger partial charge in [0.1, 0.15) is 17.3 Å². The van der Waals surface area contributed by atoms with E-state index in [9.17, 15) is 26.4 Å². The van der Waals surface area contributed by atoms with Gasteiger partial charge in [-0.05, 0) is 24.3 Å². The molecule has 0 aliphatic carbocycles. The lowest BCUT2D eigenvalue weighted by Crippen LogP contribution is -2.24. The first-order valence-electron chi connectivity index (χ1n) is 8.20. The maximum absolute atomic E-state index is 15.1. The number of amides is 1. The second kappa shape index (κ2) is 7.78. The largest absolute Gasteiger partial charge is 0.465 e. The Balaban J connectivity index is 2.33. The van der Waals surface area contributed by atoms with E-state index >= 15 is 4.39 Å². The predicted octanol–water partition coefficient (Wildman–Crippen LogP) is 3.45. The molecule has 7 nitrogen and oxygen atoms in total. The van der Waals surface area contributed by atoms with Crippen molar-refractivity contribution in [1.82, 2.24) is 13.9 Å². The summed E-state index contributed by atoms with van der Waals surface area (Å²) >= 11 is 0. The number of carbonyl (C=O) groups is 1. The van der Waals surface area contributed by atoms with E-state index in [-0.39, 0.29) is 3.97 Å². The van der Waals surface area contributed by atoms with Crippen LogP contribution in [-0.2, 0) is 16.6 Å². The molecule has 1 N–H and O–H groups in total. The maximum Gasteiger partial charge on any atom is 0.407 e. The highest BCUT2D eigenvalue weighted by Gasteiger charge is 2.32. The molecule has 12 heteroatoms. The van der Waals surface area contributed by atoms with Crippen LogP contribution < -0.4 is 0 Å². The maximum atomic E-state index is 15.1. The Morgan fingerprint density at radius 2 is 1.77 bits per heavy atom. The number of hydrogen-bond donors (Lipinski definition) is 1. The molecule has 0 spiro atoms. The van der Waals surface area contributed by atoms with E-state index in [2.05, 4.69) is 4.98 Å². The number of carboxylic acid groups (broad SMARTS) is 1. The topological polar surface area (TPSA) is 92.5 Å². The van der Waals surface area contributed by atoms with Gasteiger partial charge in [0.2, 0.25) is 5.95 Å². The average Bonchev–Trinajstić information content (AvgIpc) is 2.99. The summed E-state index contributed by atoms with van der Waals surface area (Å²) in [6, 6.07) is 4.55. The molecule has 0 aliphatic heterocycles. The Morgan fingerprint density at radius 1 is 1.13 bits per heavy atom. The van der Waals surface area contributed by atoms with E-state index < -0.39 is 67.8 Å². The van der Waals surface area contributed by atoms with Crippen LogP contribution in [0.4, 0.5) is 22.4 Å². The fourth-order valence-corrected chi connectivity index (χ4v) is 4.27. The van der Waals surface area contributed by atoms with Gasteiger partial charge in [-0.1, -0.05) is 6.07 Å². The van der Waals surface area contributed by atoms with Crippen molar-refractivity contribution in [2.45, 2.75) is 11.4 Å². The van der Waals surface area contributed by atoms with Gasteiger partial charge in [0, 0.05) is 25.0 Å². The number of aromatic nitrogens is 2. The summed E-state index contributed by atoms with van der Waals surface area (Å²) in [6.45, 7) is -0.613. The molecule has 0 saturated heterocycles. The van der Waals surface area contributed by atoms with Crippen LogP contribution in [0.25, 0.3) is 11.3 Å². The smallest absolute Gasteiger partial charge is 0.407 e. The quantitative estimate of drug-likeness (QED) is 0.482. The summed E-state index contributed by atoms with van der Waals surface area (Å²) in [5, 5.41) is 8.99. The van der Waals surface area contributed by atoms with Gasteiger partial charge in [0.05, 0.1) is 12.1 Å². The molecule has 0 saturated carbocycles. The van der Waals surface area contributed by atoms with E-state index in [1.165, 1.54) is 6.07 Å². The van der Waals surface area contributed by atoms with Crippen LogP contribution in [0.5, 0.6) is 0 Å². The molecule has 0 radical (unpaired) electrons. The number of rotatable bonds is 5. The summed E-state index contributed by atoms with van der Waals surface area (Å²) in [5.74, 6) is -5.40. The van der Waals surface area contributed by atoms with Gasteiger partial charge in [-0.2, -0.15) is 4.39 Å². The molecule has 0 unspecified atom stereocenters. The molecule has 1 amide bonds. The van der Waals surface area contributed by atoms with Crippen LogP contribution in [0.3, 0.4) is 0 Å². The summed E-state index contributed by atoms with van der Waals surface area (Å²) in [5.41, 5.74) is -1.94. The summed E-state index contributed by atoms with van der Waals surface area (Å²) < 4.78 is 83.9. The molecule has 1 aromatic carbocycles. The lowest BCUT2D eigenvalue weighted by molar-refractivity contribution is 0.153. The highest BCUT2D eigenvalue weighted by molar-refractivity contribution is 7.90. The molecule has 2 heterocycles. The molecule has 0 aliphatic rings. The van der Waals surface area contributed by atoms with Gasteiger partial charge >= 0.3 is 6.09 Å². The lowest BCUT2D eigenvalue weighted by atomic mass is 10.2. The van der Waals surface area contributed by atoms with Crippen LogP contribution >= 0.6 is 0 Å². The summed E-state index contributed by atoms with van der Waals surface area (Å²) in [7, 11) is -4.00. The summed E-state index contributed by atoms with van der Waals surface area (Å²) in [4.78, 5) is 13.6. The first-order valence-corrected chi connectivity index (χ1v) is 9.64. The van der Waals surface area contributed by atoms with Gasteiger partial charge in [-0.15, -0.1) is 0 Å². The van der Waals surface area contributed by atoms with Crippen LogP contribution in [-0.4, -0.2) is 40.5 Å². The Hall–Kier alpha value is -3.41. The third-order valence-corrected chi connectivity index (χ3v) is 5.88. The zero-order valence-electron chi connectivity index (χ0n) is 15.2. The minimum Gasteiger partial charge on any atom is -0.465 e. The molecule has 30 heavy (non-hydrogen) atoms. The highest BCUT2D eigenvalue weighted by Crippen LogP contribution is 2.33. The summed E-state index contributed by atoms with van der Waals surface area (Å²) in [6.07, 6.45) is 0.241. The minimum absolute atomic E-state index is 0.176. The van der Waals surface area contributed by atoms with Crippen LogP contribution in [0.1, 0.15) is 5.56 Å². The third kappa shape index (κ3) is 3.61. The van der Waals surface area contributed by atoms with Crippen molar-refractivity contribution in [2.24, 2.45) is 0 Å². The van der Waals surface area contributed by atoms with Gasteiger partial charge in [0.25, 0.3) is 10.0 Å². The van der Waals surface area contributed by atoms with Crippen molar-refractivity contribution in [1.29, 1.82) is 0 Å². The van der Waals surface area contributed by atoms with E-state index in [4.69, 9.17) is 5.11 Å². The van der Waals surface area contributed by atoms with Gasteiger partial charge < -0.3 is 10.0 Å². The number of halogens is 4. The molecule has 2 aromatic heterocycles. The second-order valence-electron chi connectivity index (χ2n) is 6.15. The van der Waals surface area contributed by atoms with E-state index in [1.807, 2.05) is 0 Å². The number of nitrogens with zero attached hydrogens (tertiary/aromatic N) is 3. The van der Waals surface area contributed by atoms with Crippen LogP contribution in [0.2, 0.25) is 0 Å². The lowest BCUT2D eigenvalue weighted by Gasteiger charge is -2.12. The Kier molecular flexibility index (Phi) is 5.53. The number of pyridine rings is 1. The normalized spacial score (nSPS) is 11.5. The number of hydrogen-bond acceptors (Lipinski definition) is 4. The van der Waals surface area contributed by atoms with E-state index in [0.29, 0.717) is 23.2 Å². The molecular weight excluding hydrogens is 430 g/mol. The van der Waals surface area contributed by atoms with E-state index in [0.717, 1.165) is 25.4 Å². The third-order valence-electron chi connectivity index (χ3n) is 4.17. The predicted molar refractivity (Wildman–Crippen MR) is 96.0 cm³/mol.